The van der Waals surface area contributed by atoms with E-state index >= 15 is 0 Å². The smallest absolute Gasteiger partial charge is 0.309 e. The summed E-state index contributed by atoms with van der Waals surface area (Å²) in [6.45, 7) is -2.97. The van der Waals surface area contributed by atoms with Crippen molar-refractivity contribution in [3.8, 4) is 0 Å². The number of nitrogens with one attached hydrogen (secondary N) is 1. The zero-order valence-electron chi connectivity index (χ0n) is 6.17. The monoisotopic (exact) mass is 261 g/mol. The molecule has 4 nitrogen and oxygen atoms in total. The van der Waals surface area contributed by atoms with Crippen LogP contribution in [0.4, 0.5) is 0 Å². The van der Waals surface area contributed by atoms with Crippen LogP contribution in [0.15, 0.2) is 0 Å². The van der Waals surface area contributed by atoms with Gasteiger partial charge in [-0.05, 0) is 6.26 Å². The molecule has 7 heteroatoms. The normalized spacial score (nSPS) is 15.5. The van der Waals surface area contributed by atoms with Crippen molar-refractivity contribution in [2.75, 3.05) is 18.7 Å². The summed E-state index contributed by atoms with van der Waals surface area (Å²) in [4.78, 5) is 10.7. The molecule has 0 aliphatic carbocycles. The topological polar surface area (TPSA) is 55.4 Å². The number of hydrogen-bond acceptors (Lipinski definition) is 4. The summed E-state index contributed by atoms with van der Waals surface area (Å²) in [5, 5.41) is 2.38. The van der Waals surface area contributed by atoms with Gasteiger partial charge in [-0.15, -0.1) is 0 Å². The molecule has 0 spiro atoms. The van der Waals surface area contributed by atoms with E-state index in [1.54, 1.807) is 6.26 Å². The molecule has 1 unspecified atom stereocenters. The third-order valence-electron chi connectivity index (χ3n) is 0.864. The summed E-state index contributed by atoms with van der Waals surface area (Å²) < 4.78 is 15.9. The van der Waals surface area contributed by atoms with Gasteiger partial charge in [-0.3, -0.25) is 14.4 Å². The van der Waals surface area contributed by atoms with Gasteiger partial charge in [0.15, 0.2) is 0 Å². The van der Waals surface area contributed by atoms with Gasteiger partial charge in [-0.1, -0.05) is 27.3 Å². The molecule has 1 N–H and O–H groups in total. The highest BCUT2D eigenvalue weighted by Gasteiger charge is 2.21. The Labute approximate surface area is 77.8 Å². The zero-order valence-corrected chi connectivity index (χ0v) is 9.46. The Hall–Kier alpha value is 0.490. The molecule has 0 fully saturated rings. The Morgan fingerprint density at radius 1 is 1.82 bits per heavy atom. The van der Waals surface area contributed by atoms with E-state index in [1.165, 1.54) is 7.11 Å². The molecular weight excluding hydrogens is 253 g/mol. The first kappa shape index (κ1) is 11.5. The van der Waals surface area contributed by atoms with Crippen LogP contribution in [0, 0.1) is 0 Å². The summed E-state index contributed by atoms with van der Waals surface area (Å²) in [6, 6.07) is 0. The third-order valence-corrected chi connectivity index (χ3v) is 5.02. The van der Waals surface area contributed by atoms with Gasteiger partial charge in [0.1, 0.15) is 0 Å². The maximum Gasteiger partial charge on any atom is 0.352 e. The van der Waals surface area contributed by atoms with E-state index in [9.17, 15) is 9.36 Å². The largest absolute Gasteiger partial charge is 0.352 e. The molecule has 0 aromatic carbocycles. The van der Waals surface area contributed by atoms with Gasteiger partial charge in [-0.25, -0.2) is 0 Å². The average molecular weight is 262 g/mol. The molecule has 11 heavy (non-hydrogen) atoms. The maximum atomic E-state index is 11.3. The van der Waals surface area contributed by atoms with E-state index in [0.29, 0.717) is 0 Å². The highest BCUT2D eigenvalue weighted by atomic mass is 79.9. The Kier molecular flexibility index (Phi) is 5.42. The molecule has 1 atom stereocenters. The standard InChI is InChI=1S/C4H9BrNO3PS/c1-9-10(8,11-2)6-4(7)3-5/h3H2,1-2H3,(H,6,7,8). The van der Waals surface area contributed by atoms with Crippen molar-refractivity contribution in [3.63, 3.8) is 0 Å². The van der Waals surface area contributed by atoms with Crippen LogP contribution in [0.3, 0.4) is 0 Å². The third kappa shape index (κ3) is 4.15. The van der Waals surface area contributed by atoms with Crippen LogP contribution < -0.4 is 5.09 Å². The predicted molar refractivity (Wildman–Crippen MR) is 50.1 cm³/mol. The second-order valence-electron chi connectivity index (χ2n) is 1.53. The van der Waals surface area contributed by atoms with E-state index in [-0.39, 0.29) is 11.2 Å². The Morgan fingerprint density at radius 3 is 2.64 bits per heavy atom. The zero-order chi connectivity index (χ0) is 8.91. The van der Waals surface area contributed by atoms with Crippen LogP contribution in [0.25, 0.3) is 0 Å². The van der Waals surface area contributed by atoms with Crippen LogP contribution in [0.1, 0.15) is 0 Å². The van der Waals surface area contributed by atoms with Crippen molar-refractivity contribution in [3.05, 3.63) is 0 Å². The van der Waals surface area contributed by atoms with Crippen LogP contribution in [-0.2, 0) is 13.9 Å². The lowest BCUT2D eigenvalue weighted by atomic mass is 10.8. The first-order chi connectivity index (χ1) is 5.08. The summed E-state index contributed by atoms with van der Waals surface area (Å²) in [7, 11) is 1.30. The molecule has 0 saturated carbocycles. The Morgan fingerprint density at radius 2 is 2.36 bits per heavy atom. The summed E-state index contributed by atoms with van der Waals surface area (Å²) in [5.41, 5.74) is 0. The van der Waals surface area contributed by atoms with Gasteiger partial charge in [-0.2, -0.15) is 0 Å². The van der Waals surface area contributed by atoms with Crippen molar-refractivity contribution in [2.24, 2.45) is 0 Å². The molecule has 66 valence electrons. The summed E-state index contributed by atoms with van der Waals surface area (Å²) in [5.74, 6) is -0.343. The fraction of sp³-hybridized carbons (Fsp3) is 0.750. The SMILES string of the molecule is COP(=O)(NC(=O)CBr)SC. The number of rotatable bonds is 4. The molecule has 0 aliphatic rings. The van der Waals surface area contributed by atoms with Gasteiger partial charge in [0, 0.05) is 7.11 Å². The molecule has 0 bridgehead atoms. The molecule has 0 heterocycles. The van der Waals surface area contributed by atoms with Crippen molar-refractivity contribution in [2.45, 2.75) is 0 Å². The van der Waals surface area contributed by atoms with E-state index in [4.69, 9.17) is 0 Å². The van der Waals surface area contributed by atoms with E-state index in [0.717, 1.165) is 11.4 Å². The van der Waals surface area contributed by atoms with Crippen LogP contribution in [0.5, 0.6) is 0 Å². The van der Waals surface area contributed by atoms with Crippen LogP contribution >= 0.6 is 34.0 Å². The predicted octanol–water partition coefficient (Wildman–Crippen LogP) is 1.61. The minimum Gasteiger partial charge on any atom is -0.309 e. The average Bonchev–Trinajstić information content (AvgIpc) is 2.04. The van der Waals surface area contributed by atoms with Gasteiger partial charge >= 0.3 is 6.72 Å². The van der Waals surface area contributed by atoms with Crippen molar-refractivity contribution >= 4 is 39.9 Å². The van der Waals surface area contributed by atoms with Gasteiger partial charge in [0.25, 0.3) is 0 Å². The number of amides is 1. The second-order valence-corrected chi connectivity index (χ2v) is 6.58. The van der Waals surface area contributed by atoms with Crippen LogP contribution in [-0.4, -0.2) is 24.6 Å². The van der Waals surface area contributed by atoms with E-state index in [1.807, 2.05) is 0 Å². The fourth-order valence-electron chi connectivity index (χ4n) is 0.348. The molecule has 0 aromatic heterocycles. The lowest BCUT2D eigenvalue weighted by molar-refractivity contribution is -0.116. The molecule has 1 amide bonds. The van der Waals surface area contributed by atoms with Gasteiger partial charge < -0.3 is 4.52 Å². The Balaban J connectivity index is 4.09. The minimum absolute atomic E-state index is 0.126. The highest BCUT2D eigenvalue weighted by molar-refractivity contribution is 9.09. The van der Waals surface area contributed by atoms with Gasteiger partial charge in [0.2, 0.25) is 5.91 Å². The number of alkyl halides is 1. The lowest BCUT2D eigenvalue weighted by Gasteiger charge is -2.12. The molecule has 0 aromatic rings. The van der Waals surface area contributed by atoms with E-state index in [2.05, 4.69) is 25.5 Å². The molecule has 0 rings (SSSR count). The molecular formula is C4H9BrNO3PS. The number of hydrogen-bond donors (Lipinski definition) is 1. The second kappa shape index (κ2) is 5.19. The van der Waals surface area contributed by atoms with Crippen molar-refractivity contribution < 1.29 is 13.9 Å². The quantitative estimate of drug-likeness (QED) is 0.617. The number of halogens is 1. The number of carbonyl (C=O) groups excluding carboxylic acids is 1. The van der Waals surface area contributed by atoms with Crippen molar-refractivity contribution in [1.82, 2.24) is 5.09 Å². The first-order valence-corrected chi connectivity index (χ1v) is 7.24. The summed E-state index contributed by atoms with van der Waals surface area (Å²) >= 11 is 3.92. The maximum absolute atomic E-state index is 11.3. The van der Waals surface area contributed by atoms with Crippen LogP contribution in [0.2, 0.25) is 0 Å². The van der Waals surface area contributed by atoms with E-state index < -0.39 is 6.72 Å². The van der Waals surface area contributed by atoms with Gasteiger partial charge in [0.05, 0.1) is 5.33 Å². The van der Waals surface area contributed by atoms with Crippen molar-refractivity contribution in [1.29, 1.82) is 0 Å². The molecule has 0 saturated heterocycles. The highest BCUT2D eigenvalue weighted by Crippen LogP contribution is 2.53. The summed E-state index contributed by atoms with van der Waals surface area (Å²) in [6.07, 6.45) is 1.61. The molecule has 0 aliphatic heterocycles. The lowest BCUT2D eigenvalue weighted by Crippen LogP contribution is -2.20. The molecule has 0 radical (unpaired) electrons. The number of carbonyl (C=O) groups is 1. The Bertz CT molecular complexity index is 180. The first-order valence-electron chi connectivity index (χ1n) is 2.66. The fourth-order valence-corrected chi connectivity index (χ4v) is 2.45. The minimum atomic E-state index is -2.97.